The van der Waals surface area contributed by atoms with Crippen molar-refractivity contribution in [2.75, 3.05) is 11.8 Å². The fraction of sp³-hybridized carbons (Fsp3) is 0.200. The number of rotatable bonds is 5. The molecule has 112 valence electrons. The van der Waals surface area contributed by atoms with Crippen molar-refractivity contribution >= 4 is 27.3 Å². The second-order valence-electron chi connectivity index (χ2n) is 4.66. The Hall–Kier alpha value is -1.56. The third-order valence-electron chi connectivity index (χ3n) is 3.24. The van der Waals surface area contributed by atoms with Crippen LogP contribution in [0.1, 0.15) is 18.5 Å². The van der Waals surface area contributed by atoms with E-state index in [-0.39, 0.29) is 10.9 Å². The molecule has 0 saturated carbocycles. The Bertz CT molecular complexity index is 715. The van der Waals surface area contributed by atoms with Gasteiger partial charge in [-0.2, -0.15) is 0 Å². The standard InChI is InChI=1S/C15H17ClN2O2S/c1-11(17-2)12-7-9-13(10-8-12)21(19,20)18-15-6-4-3-5-14(15)16/h3-11,17-18H,1-2H3. The zero-order valence-electron chi connectivity index (χ0n) is 11.8. The van der Waals surface area contributed by atoms with Gasteiger partial charge in [0.2, 0.25) is 0 Å². The number of nitrogens with one attached hydrogen (secondary N) is 2. The van der Waals surface area contributed by atoms with Crippen LogP contribution in [-0.4, -0.2) is 15.5 Å². The fourth-order valence-corrected chi connectivity index (χ4v) is 3.17. The lowest BCUT2D eigenvalue weighted by molar-refractivity contribution is 0.601. The summed E-state index contributed by atoms with van der Waals surface area (Å²) in [5.74, 6) is 0. The van der Waals surface area contributed by atoms with E-state index in [9.17, 15) is 8.42 Å². The van der Waals surface area contributed by atoms with Gasteiger partial charge in [0.05, 0.1) is 15.6 Å². The Kier molecular flexibility index (Phi) is 4.88. The molecule has 6 heteroatoms. The Balaban J connectivity index is 2.26. The summed E-state index contributed by atoms with van der Waals surface area (Å²) in [5, 5.41) is 3.47. The minimum absolute atomic E-state index is 0.165. The van der Waals surface area contributed by atoms with Gasteiger partial charge >= 0.3 is 0 Å². The van der Waals surface area contributed by atoms with Crippen LogP contribution >= 0.6 is 11.6 Å². The first-order valence-corrected chi connectivity index (χ1v) is 8.35. The number of halogens is 1. The molecule has 2 aromatic carbocycles. The van der Waals surface area contributed by atoms with E-state index in [1.807, 2.05) is 14.0 Å². The SMILES string of the molecule is CNC(C)c1ccc(S(=O)(=O)Nc2ccccc2Cl)cc1. The summed E-state index contributed by atoms with van der Waals surface area (Å²) >= 11 is 5.97. The zero-order valence-corrected chi connectivity index (χ0v) is 13.4. The molecule has 0 aliphatic carbocycles. The number of hydrogen-bond acceptors (Lipinski definition) is 3. The highest BCUT2D eigenvalue weighted by atomic mass is 35.5. The minimum Gasteiger partial charge on any atom is -0.313 e. The van der Waals surface area contributed by atoms with Gasteiger partial charge in [-0.15, -0.1) is 0 Å². The maximum atomic E-state index is 12.3. The highest BCUT2D eigenvalue weighted by Crippen LogP contribution is 2.24. The van der Waals surface area contributed by atoms with Crippen LogP contribution in [0.3, 0.4) is 0 Å². The lowest BCUT2D eigenvalue weighted by Gasteiger charge is -2.12. The van der Waals surface area contributed by atoms with E-state index < -0.39 is 10.0 Å². The van der Waals surface area contributed by atoms with Gasteiger partial charge < -0.3 is 5.32 Å². The number of anilines is 1. The van der Waals surface area contributed by atoms with Crippen molar-refractivity contribution in [3.05, 3.63) is 59.1 Å². The molecule has 0 fully saturated rings. The lowest BCUT2D eigenvalue weighted by atomic mass is 10.1. The van der Waals surface area contributed by atoms with E-state index in [1.165, 1.54) is 0 Å². The Morgan fingerprint density at radius 2 is 1.67 bits per heavy atom. The summed E-state index contributed by atoms with van der Waals surface area (Å²) in [6, 6.07) is 13.7. The molecule has 2 rings (SSSR count). The van der Waals surface area contributed by atoms with Crippen LogP contribution < -0.4 is 10.0 Å². The first-order valence-electron chi connectivity index (χ1n) is 6.48. The lowest BCUT2D eigenvalue weighted by Crippen LogP contribution is -2.15. The van der Waals surface area contributed by atoms with Crippen molar-refractivity contribution in [1.82, 2.24) is 5.32 Å². The van der Waals surface area contributed by atoms with Gasteiger partial charge in [-0.1, -0.05) is 35.9 Å². The monoisotopic (exact) mass is 324 g/mol. The molecule has 2 aromatic rings. The molecule has 0 heterocycles. The third kappa shape index (κ3) is 3.75. The molecule has 0 spiro atoms. The van der Waals surface area contributed by atoms with Gasteiger partial charge in [0.25, 0.3) is 10.0 Å². The number of hydrogen-bond donors (Lipinski definition) is 2. The van der Waals surface area contributed by atoms with Crippen molar-refractivity contribution < 1.29 is 8.42 Å². The van der Waals surface area contributed by atoms with Crippen molar-refractivity contribution in [3.8, 4) is 0 Å². The Morgan fingerprint density at radius 3 is 2.24 bits per heavy atom. The molecule has 2 N–H and O–H groups in total. The summed E-state index contributed by atoms with van der Waals surface area (Å²) in [7, 11) is -1.78. The molecule has 0 aliphatic heterocycles. The topological polar surface area (TPSA) is 58.2 Å². The largest absolute Gasteiger partial charge is 0.313 e. The highest BCUT2D eigenvalue weighted by molar-refractivity contribution is 7.92. The molecule has 1 unspecified atom stereocenters. The Labute approximate surface area is 130 Å². The van der Waals surface area contributed by atoms with Gasteiger partial charge in [0.1, 0.15) is 0 Å². The van der Waals surface area contributed by atoms with Gasteiger partial charge in [0, 0.05) is 6.04 Å². The molecule has 0 aliphatic rings. The van der Waals surface area contributed by atoms with E-state index in [0.29, 0.717) is 10.7 Å². The van der Waals surface area contributed by atoms with Crippen molar-refractivity contribution in [1.29, 1.82) is 0 Å². The normalized spacial score (nSPS) is 12.9. The molecule has 1 atom stereocenters. The first-order chi connectivity index (χ1) is 9.94. The van der Waals surface area contributed by atoms with Crippen molar-refractivity contribution in [2.45, 2.75) is 17.9 Å². The fourth-order valence-electron chi connectivity index (χ4n) is 1.85. The second kappa shape index (κ2) is 6.47. The van der Waals surface area contributed by atoms with Crippen LogP contribution in [0, 0.1) is 0 Å². The predicted molar refractivity (Wildman–Crippen MR) is 86.2 cm³/mol. The Morgan fingerprint density at radius 1 is 1.05 bits per heavy atom. The van der Waals surface area contributed by atoms with Crippen LogP contribution in [0.4, 0.5) is 5.69 Å². The molecule has 0 amide bonds. The second-order valence-corrected chi connectivity index (χ2v) is 6.75. The summed E-state index contributed by atoms with van der Waals surface area (Å²) in [6.07, 6.45) is 0. The van der Waals surface area contributed by atoms with Crippen LogP contribution in [0.25, 0.3) is 0 Å². The number of para-hydroxylation sites is 1. The van der Waals surface area contributed by atoms with Crippen molar-refractivity contribution in [3.63, 3.8) is 0 Å². The molecular weight excluding hydrogens is 308 g/mol. The summed E-state index contributed by atoms with van der Waals surface area (Å²) < 4.78 is 27.1. The quantitative estimate of drug-likeness (QED) is 0.886. The summed E-state index contributed by atoms with van der Waals surface area (Å²) in [4.78, 5) is 0.203. The molecule has 0 bridgehead atoms. The van der Waals surface area contributed by atoms with Gasteiger partial charge in [-0.3, -0.25) is 4.72 Å². The van der Waals surface area contributed by atoms with E-state index in [4.69, 9.17) is 11.6 Å². The molecule has 21 heavy (non-hydrogen) atoms. The van der Waals surface area contributed by atoms with Gasteiger partial charge in [0.15, 0.2) is 0 Å². The van der Waals surface area contributed by atoms with Crippen LogP contribution in [0.2, 0.25) is 5.02 Å². The minimum atomic E-state index is -3.64. The first kappa shape index (κ1) is 15.8. The van der Waals surface area contributed by atoms with Crippen LogP contribution in [0.15, 0.2) is 53.4 Å². The molecule has 4 nitrogen and oxygen atoms in total. The molecule has 0 aromatic heterocycles. The van der Waals surface area contributed by atoms with E-state index in [0.717, 1.165) is 5.56 Å². The van der Waals surface area contributed by atoms with Gasteiger partial charge in [-0.05, 0) is 43.8 Å². The average molecular weight is 325 g/mol. The molecular formula is C15H17ClN2O2S. The average Bonchev–Trinajstić information content (AvgIpc) is 2.49. The number of sulfonamides is 1. The van der Waals surface area contributed by atoms with Crippen LogP contribution in [-0.2, 0) is 10.0 Å². The number of benzene rings is 2. The van der Waals surface area contributed by atoms with Crippen LogP contribution in [0.5, 0.6) is 0 Å². The van der Waals surface area contributed by atoms with E-state index in [2.05, 4.69) is 10.0 Å². The third-order valence-corrected chi connectivity index (χ3v) is 4.95. The van der Waals surface area contributed by atoms with Gasteiger partial charge in [-0.25, -0.2) is 8.42 Å². The smallest absolute Gasteiger partial charge is 0.261 e. The maximum absolute atomic E-state index is 12.3. The summed E-state index contributed by atoms with van der Waals surface area (Å²) in [5.41, 5.74) is 1.39. The molecule has 0 saturated heterocycles. The highest BCUT2D eigenvalue weighted by Gasteiger charge is 2.15. The van der Waals surface area contributed by atoms with E-state index in [1.54, 1.807) is 48.5 Å². The predicted octanol–water partition coefficient (Wildman–Crippen LogP) is 3.42. The van der Waals surface area contributed by atoms with Crippen molar-refractivity contribution in [2.24, 2.45) is 0 Å². The summed E-state index contributed by atoms with van der Waals surface area (Å²) in [6.45, 7) is 2.01. The zero-order chi connectivity index (χ0) is 15.5. The maximum Gasteiger partial charge on any atom is 0.261 e. The molecule has 0 radical (unpaired) electrons. The van der Waals surface area contributed by atoms with E-state index >= 15 is 0 Å².